The van der Waals surface area contributed by atoms with Crippen LogP contribution in [-0.4, -0.2) is 67.4 Å². The van der Waals surface area contributed by atoms with Crippen LogP contribution in [0.15, 0.2) is 29.1 Å². The fourth-order valence-electron chi connectivity index (χ4n) is 4.83. The molecule has 160 valence electrons. The van der Waals surface area contributed by atoms with Crippen molar-refractivity contribution in [1.82, 2.24) is 14.8 Å². The standard InChI is InChI=1S/C22H27FN4O2S/c1-25(2)20(28)15(10-17-13-30-14-24-17)12-27-8-6-22(7-9-27)18-11-16(23)4-5-19(18)26(3)21(22)29/h4-5,11,13-15H,6-10,12H2,1-3H3. The van der Waals surface area contributed by atoms with E-state index < -0.39 is 5.41 Å². The molecule has 4 rings (SSSR count). The Balaban J connectivity index is 1.49. The van der Waals surface area contributed by atoms with E-state index in [0.717, 1.165) is 16.9 Å². The zero-order valence-corrected chi connectivity index (χ0v) is 18.4. The quantitative estimate of drug-likeness (QED) is 0.732. The van der Waals surface area contributed by atoms with Gasteiger partial charge in [0, 0.05) is 45.2 Å². The topological polar surface area (TPSA) is 56.8 Å². The number of fused-ring (bicyclic) bond motifs is 2. The molecule has 2 aromatic rings. The van der Waals surface area contributed by atoms with Gasteiger partial charge in [-0.2, -0.15) is 0 Å². The SMILES string of the molecule is CN(C)C(=O)C(Cc1cscn1)CN1CCC2(CC1)C(=O)N(C)c1ccc(F)cc12. The molecule has 8 heteroatoms. The molecule has 1 fully saturated rings. The Bertz CT molecular complexity index is 939. The van der Waals surface area contributed by atoms with Crippen molar-refractivity contribution in [3.8, 4) is 0 Å². The Morgan fingerprint density at radius 2 is 2.07 bits per heavy atom. The monoisotopic (exact) mass is 430 g/mol. The summed E-state index contributed by atoms with van der Waals surface area (Å²) in [7, 11) is 5.32. The summed E-state index contributed by atoms with van der Waals surface area (Å²) in [4.78, 5) is 35.8. The number of carbonyl (C=O) groups is 2. The Morgan fingerprint density at radius 1 is 1.33 bits per heavy atom. The number of carbonyl (C=O) groups excluding carboxylic acids is 2. The van der Waals surface area contributed by atoms with Crippen LogP contribution < -0.4 is 4.90 Å². The molecule has 1 aromatic heterocycles. The Labute approximate surface area is 180 Å². The van der Waals surface area contributed by atoms with Crippen molar-refractivity contribution < 1.29 is 14.0 Å². The second-order valence-electron chi connectivity index (χ2n) is 8.52. The minimum Gasteiger partial charge on any atom is -0.349 e. The first kappa shape index (κ1) is 20.9. The first-order valence-corrected chi connectivity index (χ1v) is 11.1. The average Bonchev–Trinajstić information content (AvgIpc) is 3.31. The van der Waals surface area contributed by atoms with Gasteiger partial charge in [-0.15, -0.1) is 11.3 Å². The van der Waals surface area contributed by atoms with Crippen LogP contribution in [0.5, 0.6) is 0 Å². The van der Waals surface area contributed by atoms with Crippen molar-refractivity contribution in [2.45, 2.75) is 24.7 Å². The number of rotatable bonds is 5. The predicted molar refractivity (Wildman–Crippen MR) is 115 cm³/mol. The third-order valence-electron chi connectivity index (χ3n) is 6.47. The van der Waals surface area contributed by atoms with E-state index >= 15 is 0 Å². The van der Waals surface area contributed by atoms with Gasteiger partial charge in [0.25, 0.3) is 0 Å². The summed E-state index contributed by atoms with van der Waals surface area (Å²) in [5.74, 6) is -0.347. The molecular weight excluding hydrogens is 403 g/mol. The molecule has 1 unspecified atom stereocenters. The number of aromatic nitrogens is 1. The van der Waals surface area contributed by atoms with Crippen LogP contribution in [0.1, 0.15) is 24.1 Å². The highest BCUT2D eigenvalue weighted by molar-refractivity contribution is 7.07. The van der Waals surface area contributed by atoms with Crippen molar-refractivity contribution in [2.24, 2.45) is 5.92 Å². The van der Waals surface area contributed by atoms with E-state index in [1.54, 1.807) is 42.5 Å². The van der Waals surface area contributed by atoms with E-state index in [1.807, 2.05) is 5.38 Å². The van der Waals surface area contributed by atoms with Crippen molar-refractivity contribution in [2.75, 3.05) is 45.7 Å². The van der Waals surface area contributed by atoms with E-state index in [4.69, 9.17) is 0 Å². The van der Waals surface area contributed by atoms with Gasteiger partial charge in [0.15, 0.2) is 0 Å². The van der Waals surface area contributed by atoms with Gasteiger partial charge in [-0.05, 0) is 49.7 Å². The van der Waals surface area contributed by atoms with Crippen LogP contribution >= 0.6 is 11.3 Å². The predicted octanol–water partition coefficient (Wildman–Crippen LogP) is 2.54. The lowest BCUT2D eigenvalue weighted by Gasteiger charge is -2.39. The summed E-state index contributed by atoms with van der Waals surface area (Å²) in [5.41, 5.74) is 3.68. The van der Waals surface area contributed by atoms with Crippen LogP contribution in [0.25, 0.3) is 0 Å². The first-order valence-electron chi connectivity index (χ1n) is 10.2. The maximum atomic E-state index is 14.0. The van der Waals surface area contributed by atoms with E-state index in [-0.39, 0.29) is 23.5 Å². The molecule has 0 radical (unpaired) electrons. The number of benzene rings is 1. The van der Waals surface area contributed by atoms with E-state index in [1.165, 1.54) is 23.5 Å². The summed E-state index contributed by atoms with van der Waals surface area (Å²) in [6.45, 7) is 2.03. The lowest BCUT2D eigenvalue weighted by Crippen LogP contribution is -2.50. The van der Waals surface area contributed by atoms with Gasteiger partial charge < -0.3 is 14.7 Å². The molecular formula is C22H27FN4O2S. The van der Waals surface area contributed by atoms with Crippen LogP contribution in [0.4, 0.5) is 10.1 Å². The number of hydrogen-bond donors (Lipinski definition) is 0. The van der Waals surface area contributed by atoms with Gasteiger partial charge >= 0.3 is 0 Å². The molecule has 1 atom stereocenters. The fourth-order valence-corrected chi connectivity index (χ4v) is 5.40. The number of likely N-dealkylation sites (N-methyl/N-ethyl adjacent to an activating group) is 1. The number of hydrogen-bond acceptors (Lipinski definition) is 5. The van der Waals surface area contributed by atoms with Crippen molar-refractivity contribution in [1.29, 1.82) is 0 Å². The zero-order chi connectivity index (χ0) is 21.5. The van der Waals surface area contributed by atoms with Crippen molar-refractivity contribution >= 4 is 28.8 Å². The fraction of sp³-hybridized carbons (Fsp3) is 0.500. The number of nitrogens with zero attached hydrogens (tertiary/aromatic N) is 4. The molecule has 1 saturated heterocycles. The molecule has 6 nitrogen and oxygen atoms in total. The van der Waals surface area contributed by atoms with Crippen molar-refractivity contribution in [3.05, 3.63) is 46.2 Å². The molecule has 1 aromatic carbocycles. The summed E-state index contributed by atoms with van der Waals surface area (Å²) >= 11 is 1.53. The van der Waals surface area contributed by atoms with Crippen LogP contribution in [-0.2, 0) is 21.4 Å². The minimum atomic E-state index is -0.654. The second-order valence-corrected chi connectivity index (χ2v) is 9.24. The maximum Gasteiger partial charge on any atom is 0.237 e. The van der Waals surface area contributed by atoms with Gasteiger partial charge in [-0.1, -0.05) is 0 Å². The average molecular weight is 431 g/mol. The van der Waals surface area contributed by atoms with E-state index in [9.17, 15) is 14.0 Å². The molecule has 0 N–H and O–H groups in total. The lowest BCUT2D eigenvalue weighted by atomic mass is 9.73. The molecule has 1 spiro atoms. The van der Waals surface area contributed by atoms with Crippen LogP contribution in [0.2, 0.25) is 0 Å². The lowest BCUT2D eigenvalue weighted by molar-refractivity contribution is -0.134. The largest absolute Gasteiger partial charge is 0.349 e. The Hall–Kier alpha value is -2.32. The molecule has 0 bridgehead atoms. The molecule has 2 aliphatic rings. The number of halogens is 1. The molecule has 0 aliphatic carbocycles. The third kappa shape index (κ3) is 3.63. The van der Waals surface area contributed by atoms with Crippen LogP contribution in [0, 0.1) is 11.7 Å². The van der Waals surface area contributed by atoms with Gasteiger partial charge in [0.2, 0.25) is 11.8 Å². The third-order valence-corrected chi connectivity index (χ3v) is 7.10. The highest BCUT2D eigenvalue weighted by Crippen LogP contribution is 2.47. The highest BCUT2D eigenvalue weighted by atomic mass is 32.1. The first-order chi connectivity index (χ1) is 14.3. The zero-order valence-electron chi connectivity index (χ0n) is 17.6. The molecule has 0 saturated carbocycles. The highest BCUT2D eigenvalue weighted by Gasteiger charge is 2.51. The normalized spacial score (nSPS) is 19.2. The number of thiazole rings is 1. The van der Waals surface area contributed by atoms with Gasteiger partial charge in [-0.25, -0.2) is 9.37 Å². The summed E-state index contributed by atoms with van der Waals surface area (Å²) in [5, 5.41) is 1.99. The van der Waals surface area contributed by atoms with Gasteiger partial charge in [-0.3, -0.25) is 9.59 Å². The number of amides is 2. The van der Waals surface area contributed by atoms with Gasteiger partial charge in [0.1, 0.15) is 5.82 Å². The smallest absolute Gasteiger partial charge is 0.237 e. The molecule has 3 heterocycles. The van der Waals surface area contributed by atoms with E-state index in [2.05, 4.69) is 9.88 Å². The van der Waals surface area contributed by atoms with Crippen molar-refractivity contribution in [3.63, 3.8) is 0 Å². The van der Waals surface area contributed by atoms with Gasteiger partial charge in [0.05, 0.1) is 22.5 Å². The minimum absolute atomic E-state index is 0.0474. The summed E-state index contributed by atoms with van der Waals surface area (Å²) < 4.78 is 14.0. The summed E-state index contributed by atoms with van der Waals surface area (Å²) in [6, 6.07) is 4.63. The molecule has 30 heavy (non-hydrogen) atoms. The number of piperidine rings is 1. The van der Waals surface area contributed by atoms with E-state index in [0.29, 0.717) is 38.9 Å². The van der Waals surface area contributed by atoms with Crippen LogP contribution in [0.3, 0.4) is 0 Å². The summed E-state index contributed by atoms with van der Waals surface area (Å²) in [6.07, 6.45) is 1.87. The second kappa shape index (κ2) is 8.07. The Morgan fingerprint density at radius 3 is 2.70 bits per heavy atom. The number of likely N-dealkylation sites (tertiary alicyclic amines) is 1. The molecule has 2 aliphatic heterocycles. The number of anilines is 1. The maximum absolute atomic E-state index is 14.0. The molecule has 2 amide bonds. The Kier molecular flexibility index (Phi) is 5.63.